The molecule has 0 aliphatic heterocycles. The van der Waals surface area contributed by atoms with Crippen molar-refractivity contribution < 1.29 is 14.6 Å². The van der Waals surface area contributed by atoms with Gasteiger partial charge < -0.3 is 14.8 Å². The van der Waals surface area contributed by atoms with Crippen LogP contribution in [0.1, 0.15) is 10.5 Å². The number of hydrogen-bond donors (Lipinski definition) is 2. The quantitative estimate of drug-likeness (QED) is 0.748. The number of benzene rings is 2. The molecule has 0 saturated carbocycles. The zero-order valence-corrected chi connectivity index (χ0v) is 9.96. The smallest absolute Gasteiger partial charge is 0.352 e. The highest BCUT2D eigenvalue weighted by Crippen LogP contribution is 2.30. The molecule has 0 bridgehead atoms. The average molecular weight is 253 g/mol. The molecule has 3 rings (SSSR count). The maximum absolute atomic E-state index is 11.0. The van der Waals surface area contributed by atoms with Gasteiger partial charge in [-0.1, -0.05) is 24.3 Å². The Hall–Kier alpha value is -2.75. The molecule has 4 heteroatoms. The van der Waals surface area contributed by atoms with E-state index in [1.54, 1.807) is 6.07 Å². The Balaban J connectivity index is 2.06. The number of para-hydroxylation sites is 1. The zero-order valence-electron chi connectivity index (χ0n) is 9.96. The predicted octanol–water partition coefficient (Wildman–Crippen LogP) is 3.66. The third-order valence-electron chi connectivity index (χ3n) is 2.83. The number of carbonyl (C=O) groups is 1. The fourth-order valence-electron chi connectivity index (χ4n) is 1.95. The van der Waals surface area contributed by atoms with Crippen molar-refractivity contribution in [3.63, 3.8) is 0 Å². The first-order valence-corrected chi connectivity index (χ1v) is 5.82. The second-order valence-corrected chi connectivity index (χ2v) is 4.12. The van der Waals surface area contributed by atoms with E-state index in [4.69, 9.17) is 9.84 Å². The van der Waals surface area contributed by atoms with Gasteiger partial charge in [-0.05, 0) is 30.3 Å². The zero-order chi connectivity index (χ0) is 13.2. The Morgan fingerprint density at radius 3 is 2.58 bits per heavy atom. The van der Waals surface area contributed by atoms with E-state index >= 15 is 0 Å². The van der Waals surface area contributed by atoms with Crippen LogP contribution in [-0.2, 0) is 0 Å². The number of rotatable bonds is 3. The molecule has 0 aliphatic rings. The summed E-state index contributed by atoms with van der Waals surface area (Å²) in [5.41, 5.74) is 0.893. The number of fused-ring (bicyclic) bond motifs is 1. The summed E-state index contributed by atoms with van der Waals surface area (Å²) in [6.45, 7) is 0. The van der Waals surface area contributed by atoms with Crippen molar-refractivity contribution in [2.45, 2.75) is 0 Å². The van der Waals surface area contributed by atoms with Gasteiger partial charge in [-0.2, -0.15) is 0 Å². The molecule has 2 N–H and O–H groups in total. The molecule has 1 aromatic heterocycles. The van der Waals surface area contributed by atoms with E-state index in [0.717, 1.165) is 10.9 Å². The van der Waals surface area contributed by atoms with E-state index in [-0.39, 0.29) is 5.69 Å². The Morgan fingerprint density at radius 2 is 1.84 bits per heavy atom. The van der Waals surface area contributed by atoms with Crippen LogP contribution in [0.15, 0.2) is 54.6 Å². The summed E-state index contributed by atoms with van der Waals surface area (Å²) in [6, 6.07) is 16.4. The fraction of sp³-hybridized carbons (Fsp3) is 0. The first-order valence-electron chi connectivity index (χ1n) is 5.82. The van der Waals surface area contributed by atoms with Crippen molar-refractivity contribution in [2.75, 3.05) is 0 Å². The van der Waals surface area contributed by atoms with Gasteiger partial charge in [0.2, 0.25) is 0 Å². The van der Waals surface area contributed by atoms with Gasteiger partial charge in [0.15, 0.2) is 0 Å². The Labute approximate surface area is 109 Å². The molecule has 0 aliphatic carbocycles. The third kappa shape index (κ3) is 2.15. The lowest BCUT2D eigenvalue weighted by atomic mass is 10.2. The van der Waals surface area contributed by atoms with E-state index < -0.39 is 5.97 Å². The molecule has 0 fully saturated rings. The van der Waals surface area contributed by atoms with Crippen LogP contribution in [0.2, 0.25) is 0 Å². The number of nitrogens with one attached hydrogen (secondary N) is 1. The fourth-order valence-corrected chi connectivity index (χ4v) is 1.95. The molecule has 0 atom stereocenters. The van der Waals surface area contributed by atoms with Gasteiger partial charge >= 0.3 is 5.97 Å². The summed E-state index contributed by atoms with van der Waals surface area (Å²) in [5, 5.41) is 9.75. The number of hydrogen-bond acceptors (Lipinski definition) is 2. The molecule has 1 heterocycles. The van der Waals surface area contributed by atoms with Gasteiger partial charge in [0, 0.05) is 10.9 Å². The van der Waals surface area contributed by atoms with Crippen LogP contribution in [0, 0.1) is 0 Å². The highest BCUT2D eigenvalue weighted by molar-refractivity contribution is 5.96. The standard InChI is InChI=1S/C15H11NO3/c17-15(18)13-9-11-12(16-13)7-4-8-14(11)19-10-5-2-1-3-6-10/h1-9,16H,(H,17,18). The van der Waals surface area contributed by atoms with Crippen LogP contribution in [0.5, 0.6) is 11.5 Å². The molecule has 94 valence electrons. The Morgan fingerprint density at radius 1 is 1.05 bits per heavy atom. The van der Waals surface area contributed by atoms with Gasteiger partial charge in [-0.15, -0.1) is 0 Å². The SMILES string of the molecule is O=C(O)c1cc2c(Oc3ccccc3)cccc2[nH]1. The summed E-state index contributed by atoms with van der Waals surface area (Å²) < 4.78 is 5.77. The van der Waals surface area contributed by atoms with E-state index in [1.807, 2.05) is 48.5 Å². The Kier molecular flexibility index (Phi) is 2.68. The van der Waals surface area contributed by atoms with Crippen LogP contribution in [0.3, 0.4) is 0 Å². The number of ether oxygens (including phenoxy) is 1. The second-order valence-electron chi connectivity index (χ2n) is 4.12. The van der Waals surface area contributed by atoms with Gasteiger partial charge in [0.1, 0.15) is 17.2 Å². The minimum Gasteiger partial charge on any atom is -0.477 e. The number of aromatic nitrogens is 1. The number of carboxylic acids is 1. The van der Waals surface area contributed by atoms with Gasteiger partial charge in [0.25, 0.3) is 0 Å². The molecule has 0 spiro atoms. The van der Waals surface area contributed by atoms with Crippen LogP contribution in [0.25, 0.3) is 10.9 Å². The van der Waals surface area contributed by atoms with E-state index in [9.17, 15) is 4.79 Å². The summed E-state index contributed by atoms with van der Waals surface area (Å²) >= 11 is 0. The topological polar surface area (TPSA) is 62.3 Å². The maximum atomic E-state index is 11.0. The van der Waals surface area contributed by atoms with Crippen LogP contribution >= 0.6 is 0 Å². The lowest BCUT2D eigenvalue weighted by Crippen LogP contribution is -1.94. The number of carboxylic acid groups (broad SMARTS) is 1. The van der Waals surface area contributed by atoms with Crippen molar-refractivity contribution >= 4 is 16.9 Å². The second kappa shape index (κ2) is 4.49. The number of H-pyrrole nitrogens is 1. The largest absolute Gasteiger partial charge is 0.477 e. The van der Waals surface area contributed by atoms with Gasteiger partial charge in [-0.25, -0.2) is 4.79 Å². The molecule has 0 saturated heterocycles. The Bertz CT molecular complexity index is 731. The van der Waals surface area contributed by atoms with Crippen molar-refractivity contribution in [3.05, 3.63) is 60.3 Å². The van der Waals surface area contributed by atoms with Crippen LogP contribution in [-0.4, -0.2) is 16.1 Å². The van der Waals surface area contributed by atoms with Crippen molar-refractivity contribution in [1.82, 2.24) is 4.98 Å². The molecule has 4 nitrogen and oxygen atoms in total. The van der Waals surface area contributed by atoms with Crippen LogP contribution in [0.4, 0.5) is 0 Å². The number of aromatic carboxylic acids is 1. The normalized spacial score (nSPS) is 10.5. The van der Waals surface area contributed by atoms with E-state index in [2.05, 4.69) is 4.98 Å². The number of aromatic amines is 1. The van der Waals surface area contributed by atoms with Crippen molar-refractivity contribution in [2.24, 2.45) is 0 Å². The maximum Gasteiger partial charge on any atom is 0.352 e. The summed E-state index contributed by atoms with van der Waals surface area (Å²) in [4.78, 5) is 13.8. The molecule has 0 amide bonds. The lowest BCUT2D eigenvalue weighted by molar-refractivity contribution is 0.0691. The molecule has 19 heavy (non-hydrogen) atoms. The predicted molar refractivity (Wildman–Crippen MR) is 71.8 cm³/mol. The molecule has 2 aromatic carbocycles. The summed E-state index contributed by atoms with van der Waals surface area (Å²) in [6.07, 6.45) is 0. The van der Waals surface area contributed by atoms with E-state index in [1.165, 1.54) is 0 Å². The molecular weight excluding hydrogens is 242 g/mol. The first kappa shape index (κ1) is 11.3. The van der Waals surface area contributed by atoms with Crippen molar-refractivity contribution in [3.8, 4) is 11.5 Å². The van der Waals surface area contributed by atoms with Crippen LogP contribution < -0.4 is 4.74 Å². The first-order chi connectivity index (χ1) is 9.24. The lowest BCUT2D eigenvalue weighted by Gasteiger charge is -2.06. The van der Waals surface area contributed by atoms with E-state index in [0.29, 0.717) is 11.5 Å². The average Bonchev–Trinajstić information content (AvgIpc) is 2.85. The highest BCUT2D eigenvalue weighted by Gasteiger charge is 2.11. The molecular formula is C15H11NO3. The van der Waals surface area contributed by atoms with Crippen molar-refractivity contribution in [1.29, 1.82) is 0 Å². The monoisotopic (exact) mass is 253 g/mol. The summed E-state index contributed by atoms with van der Waals surface area (Å²) in [5.74, 6) is 0.363. The molecule has 0 unspecified atom stereocenters. The molecule has 0 radical (unpaired) electrons. The minimum absolute atomic E-state index is 0.152. The highest BCUT2D eigenvalue weighted by atomic mass is 16.5. The molecule has 3 aromatic rings. The summed E-state index contributed by atoms with van der Waals surface area (Å²) in [7, 11) is 0. The van der Waals surface area contributed by atoms with Gasteiger partial charge in [-0.3, -0.25) is 0 Å². The van der Waals surface area contributed by atoms with Gasteiger partial charge in [0.05, 0.1) is 0 Å². The third-order valence-corrected chi connectivity index (χ3v) is 2.83. The minimum atomic E-state index is -0.984.